The number of fused-ring (bicyclic) bond motifs is 1. The number of hydrogen-bond acceptors (Lipinski definition) is 6. The molecular weight excluding hydrogens is 416 g/mol. The fraction of sp³-hybridized carbons (Fsp3) is 0.375. The van der Waals surface area contributed by atoms with Gasteiger partial charge in [0.2, 0.25) is 5.82 Å². The number of aryl methyl sites for hydroxylation is 2. The number of nitrogens with one attached hydrogen (secondary N) is 1. The van der Waals surface area contributed by atoms with Gasteiger partial charge in [-0.25, -0.2) is 4.98 Å². The van der Waals surface area contributed by atoms with Crippen molar-refractivity contribution in [3.05, 3.63) is 53.9 Å². The van der Waals surface area contributed by atoms with Crippen LogP contribution in [0.3, 0.4) is 0 Å². The molecular formula is C24H30N8O. The molecule has 0 aliphatic rings. The van der Waals surface area contributed by atoms with Crippen LogP contribution in [0.25, 0.3) is 22.4 Å². The minimum Gasteiger partial charge on any atom is -0.328 e. The molecule has 0 radical (unpaired) electrons. The van der Waals surface area contributed by atoms with Crippen LogP contribution in [0.5, 0.6) is 0 Å². The molecule has 1 N–H and O–H groups in total. The van der Waals surface area contributed by atoms with Crippen molar-refractivity contribution in [1.82, 2.24) is 34.7 Å². The number of benzene rings is 2. The molecule has 0 saturated heterocycles. The highest BCUT2D eigenvalue weighted by Gasteiger charge is 2.12. The van der Waals surface area contributed by atoms with Crippen molar-refractivity contribution in [3.8, 4) is 11.4 Å². The molecule has 1 amide bonds. The van der Waals surface area contributed by atoms with E-state index in [2.05, 4.69) is 49.3 Å². The monoisotopic (exact) mass is 446 g/mol. The summed E-state index contributed by atoms with van der Waals surface area (Å²) < 4.78 is 2.23. The third-order valence-corrected chi connectivity index (χ3v) is 5.48. The summed E-state index contributed by atoms with van der Waals surface area (Å²) in [6.07, 6.45) is 1.05. The number of rotatable bonds is 8. The number of anilines is 1. The van der Waals surface area contributed by atoms with Gasteiger partial charge in [-0.05, 0) is 83.4 Å². The number of nitrogens with zero attached hydrogens (tertiary/aromatic N) is 7. The summed E-state index contributed by atoms with van der Waals surface area (Å²) in [6.45, 7) is 7.95. The largest absolute Gasteiger partial charge is 0.328 e. The first-order chi connectivity index (χ1) is 15.8. The average Bonchev–Trinajstić information content (AvgIpc) is 3.39. The van der Waals surface area contributed by atoms with Gasteiger partial charge in [0.1, 0.15) is 5.82 Å². The van der Waals surface area contributed by atoms with Crippen LogP contribution in [0, 0.1) is 6.92 Å². The molecule has 2 aromatic carbocycles. The molecule has 4 aromatic rings. The molecule has 172 valence electrons. The smallest absolute Gasteiger partial charge is 0.255 e. The molecule has 2 heterocycles. The van der Waals surface area contributed by atoms with Gasteiger partial charge in [-0.1, -0.05) is 12.1 Å². The maximum atomic E-state index is 12.8. The molecule has 0 spiro atoms. The van der Waals surface area contributed by atoms with Crippen molar-refractivity contribution in [1.29, 1.82) is 0 Å². The van der Waals surface area contributed by atoms with Gasteiger partial charge in [-0.15, -0.1) is 10.2 Å². The van der Waals surface area contributed by atoms with Gasteiger partial charge in [-0.3, -0.25) is 4.79 Å². The maximum Gasteiger partial charge on any atom is 0.255 e. The molecule has 4 rings (SSSR count). The van der Waals surface area contributed by atoms with E-state index in [4.69, 9.17) is 0 Å². The van der Waals surface area contributed by atoms with Crippen LogP contribution in [-0.4, -0.2) is 61.2 Å². The van der Waals surface area contributed by atoms with Gasteiger partial charge < -0.3 is 14.8 Å². The lowest BCUT2D eigenvalue weighted by atomic mass is 10.1. The van der Waals surface area contributed by atoms with Crippen molar-refractivity contribution >= 4 is 22.6 Å². The highest BCUT2D eigenvalue weighted by atomic mass is 16.1. The van der Waals surface area contributed by atoms with Crippen LogP contribution in [0.2, 0.25) is 0 Å². The van der Waals surface area contributed by atoms with Crippen LogP contribution in [-0.2, 0) is 6.54 Å². The lowest BCUT2D eigenvalue weighted by molar-refractivity contribution is 0.102. The van der Waals surface area contributed by atoms with Crippen LogP contribution in [0.15, 0.2) is 42.5 Å². The van der Waals surface area contributed by atoms with Crippen molar-refractivity contribution < 1.29 is 4.79 Å². The van der Waals surface area contributed by atoms with E-state index in [9.17, 15) is 4.79 Å². The van der Waals surface area contributed by atoms with Gasteiger partial charge >= 0.3 is 0 Å². The van der Waals surface area contributed by atoms with E-state index in [1.54, 1.807) is 16.9 Å². The standard InChI is InChI=1S/C24H30N8O/c1-16(2)32-28-23(27-29-32)18-7-9-19(10-8-18)24(33)26-20-11-12-22-21(15-20)25-17(3)31(22)14-6-13-30(4)5/h7-12,15-16H,6,13-14H2,1-5H3,(H,26,33). The summed E-state index contributed by atoms with van der Waals surface area (Å²) in [6, 6.07) is 13.2. The molecule has 0 aliphatic heterocycles. The van der Waals surface area contributed by atoms with Gasteiger partial charge in [0.15, 0.2) is 0 Å². The molecule has 33 heavy (non-hydrogen) atoms. The quantitative estimate of drug-likeness (QED) is 0.443. The van der Waals surface area contributed by atoms with Crippen molar-refractivity contribution in [2.24, 2.45) is 0 Å². The number of carbonyl (C=O) groups is 1. The lowest BCUT2D eigenvalue weighted by Gasteiger charge is -2.11. The predicted octanol–water partition coefficient (Wildman–Crippen LogP) is 3.78. The summed E-state index contributed by atoms with van der Waals surface area (Å²) in [5.41, 5.74) is 4.05. The van der Waals surface area contributed by atoms with E-state index in [1.165, 1.54) is 0 Å². The predicted molar refractivity (Wildman–Crippen MR) is 129 cm³/mol. The van der Waals surface area contributed by atoms with E-state index in [-0.39, 0.29) is 11.9 Å². The Labute approximate surface area is 193 Å². The van der Waals surface area contributed by atoms with E-state index in [0.29, 0.717) is 11.4 Å². The van der Waals surface area contributed by atoms with Crippen molar-refractivity contribution in [2.45, 2.75) is 39.8 Å². The molecule has 2 aromatic heterocycles. The molecule has 0 atom stereocenters. The van der Waals surface area contributed by atoms with Crippen molar-refractivity contribution in [2.75, 3.05) is 26.0 Å². The Morgan fingerprint density at radius 1 is 1.12 bits per heavy atom. The second-order valence-electron chi connectivity index (χ2n) is 8.73. The fourth-order valence-electron chi connectivity index (χ4n) is 3.69. The molecule has 0 fully saturated rings. The molecule has 0 bridgehead atoms. The molecule has 0 aliphatic carbocycles. The molecule has 0 unspecified atom stereocenters. The lowest BCUT2D eigenvalue weighted by Crippen LogP contribution is -2.15. The summed E-state index contributed by atoms with van der Waals surface area (Å²) in [7, 11) is 4.16. The Kier molecular flexibility index (Phi) is 6.50. The Balaban J connectivity index is 1.46. The van der Waals surface area contributed by atoms with E-state index >= 15 is 0 Å². The molecule has 9 nitrogen and oxygen atoms in total. The Bertz CT molecular complexity index is 1250. The Morgan fingerprint density at radius 3 is 2.55 bits per heavy atom. The topological polar surface area (TPSA) is 93.8 Å². The first-order valence-electron chi connectivity index (χ1n) is 11.1. The zero-order valence-corrected chi connectivity index (χ0v) is 19.8. The Morgan fingerprint density at radius 2 is 1.88 bits per heavy atom. The number of tetrazole rings is 1. The van der Waals surface area contributed by atoms with E-state index in [1.807, 2.05) is 51.1 Å². The highest BCUT2D eigenvalue weighted by molar-refractivity contribution is 6.05. The zero-order chi connectivity index (χ0) is 23.5. The number of hydrogen-bond donors (Lipinski definition) is 1. The third kappa shape index (κ3) is 5.09. The first kappa shape index (κ1) is 22.6. The maximum absolute atomic E-state index is 12.8. The second-order valence-corrected chi connectivity index (χ2v) is 8.73. The second kappa shape index (κ2) is 9.50. The molecule has 9 heteroatoms. The number of amides is 1. The van der Waals surface area contributed by atoms with E-state index in [0.717, 1.165) is 47.6 Å². The highest BCUT2D eigenvalue weighted by Crippen LogP contribution is 2.22. The van der Waals surface area contributed by atoms with Crippen LogP contribution in [0.1, 0.15) is 42.5 Å². The number of imidazole rings is 1. The van der Waals surface area contributed by atoms with Gasteiger partial charge in [0, 0.05) is 23.4 Å². The van der Waals surface area contributed by atoms with Crippen molar-refractivity contribution in [3.63, 3.8) is 0 Å². The summed E-state index contributed by atoms with van der Waals surface area (Å²) in [4.78, 5) is 21.2. The summed E-state index contributed by atoms with van der Waals surface area (Å²) >= 11 is 0. The average molecular weight is 447 g/mol. The van der Waals surface area contributed by atoms with Gasteiger partial charge in [0.05, 0.1) is 17.1 Å². The van der Waals surface area contributed by atoms with Crippen LogP contribution < -0.4 is 5.32 Å². The fourth-order valence-corrected chi connectivity index (χ4v) is 3.69. The first-order valence-corrected chi connectivity index (χ1v) is 11.1. The minimum atomic E-state index is -0.179. The summed E-state index contributed by atoms with van der Waals surface area (Å²) in [5.74, 6) is 1.34. The normalized spacial score (nSPS) is 11.6. The van der Waals surface area contributed by atoms with Crippen LogP contribution in [0.4, 0.5) is 5.69 Å². The Hall–Kier alpha value is -3.59. The minimum absolute atomic E-state index is 0.141. The number of carbonyl (C=O) groups excluding carboxylic acids is 1. The summed E-state index contributed by atoms with van der Waals surface area (Å²) in [5, 5.41) is 15.5. The third-order valence-electron chi connectivity index (χ3n) is 5.48. The number of aromatic nitrogens is 6. The van der Waals surface area contributed by atoms with Gasteiger partial charge in [0.25, 0.3) is 5.91 Å². The molecule has 0 saturated carbocycles. The SMILES string of the molecule is Cc1nc2cc(NC(=O)c3ccc(-c4nnn(C(C)C)n4)cc3)ccc2n1CCCN(C)C. The van der Waals surface area contributed by atoms with Gasteiger partial charge in [-0.2, -0.15) is 4.80 Å². The zero-order valence-electron chi connectivity index (χ0n) is 19.8. The van der Waals surface area contributed by atoms with Crippen LogP contribution >= 0.6 is 0 Å². The van der Waals surface area contributed by atoms with E-state index < -0.39 is 0 Å².